The van der Waals surface area contributed by atoms with Gasteiger partial charge in [0.15, 0.2) is 0 Å². The first-order chi connectivity index (χ1) is 7.70. The molecular formula is C14H26O2. The zero-order valence-corrected chi connectivity index (χ0v) is 10.9. The van der Waals surface area contributed by atoms with E-state index < -0.39 is 0 Å². The maximum absolute atomic E-state index is 11.3. The van der Waals surface area contributed by atoms with E-state index in [1.54, 1.807) is 0 Å². The van der Waals surface area contributed by atoms with Crippen LogP contribution in [-0.4, -0.2) is 11.6 Å². The number of hydrogen-bond donors (Lipinski definition) is 0. The Kier molecular flexibility index (Phi) is 10.4. The van der Waals surface area contributed by atoms with E-state index in [4.69, 9.17) is 0 Å². The van der Waals surface area contributed by atoms with Gasteiger partial charge in [0, 0.05) is 12.8 Å². The first-order valence-corrected chi connectivity index (χ1v) is 6.74. The third kappa shape index (κ3) is 9.88. The second kappa shape index (κ2) is 10.8. The van der Waals surface area contributed by atoms with E-state index in [1.165, 1.54) is 32.1 Å². The van der Waals surface area contributed by atoms with Crippen LogP contribution in [0.1, 0.15) is 78.1 Å². The predicted molar refractivity (Wildman–Crippen MR) is 67.5 cm³/mol. The first kappa shape index (κ1) is 15.3. The summed E-state index contributed by atoms with van der Waals surface area (Å²) in [5, 5.41) is 0. The molecule has 0 rings (SSSR count). The van der Waals surface area contributed by atoms with Crippen LogP contribution < -0.4 is 0 Å². The van der Waals surface area contributed by atoms with Crippen molar-refractivity contribution in [3.63, 3.8) is 0 Å². The molecule has 0 saturated heterocycles. The van der Waals surface area contributed by atoms with Gasteiger partial charge in [-0.3, -0.25) is 9.59 Å². The number of ketones is 2. The minimum absolute atomic E-state index is 0.0768. The quantitative estimate of drug-likeness (QED) is 0.393. The van der Waals surface area contributed by atoms with Gasteiger partial charge in [0.2, 0.25) is 0 Å². The molecule has 0 aliphatic heterocycles. The molecule has 0 aliphatic rings. The maximum atomic E-state index is 11.3. The van der Waals surface area contributed by atoms with Crippen LogP contribution in [0.2, 0.25) is 0 Å². The summed E-state index contributed by atoms with van der Waals surface area (Å²) in [6.07, 6.45) is 9.78. The van der Waals surface area contributed by atoms with Crippen molar-refractivity contribution in [1.82, 2.24) is 0 Å². The van der Waals surface area contributed by atoms with Gasteiger partial charge in [0.25, 0.3) is 0 Å². The summed E-state index contributed by atoms with van der Waals surface area (Å²) in [7, 11) is 0. The maximum Gasteiger partial charge on any atom is 0.140 e. The standard InChI is InChI=1S/C14H26O2/c1-3-5-6-7-8-9-10-11-14(16)12-13(15)4-2/h3-12H2,1-2H3. The number of unbranched alkanes of at least 4 members (excludes halogenated alkanes) is 6. The molecule has 0 amide bonds. The molecule has 0 fully saturated rings. The fourth-order valence-corrected chi connectivity index (χ4v) is 1.71. The number of rotatable bonds is 11. The largest absolute Gasteiger partial charge is 0.299 e. The normalized spacial score (nSPS) is 10.4. The molecule has 0 spiro atoms. The van der Waals surface area contributed by atoms with Gasteiger partial charge < -0.3 is 0 Å². The molecule has 0 aliphatic carbocycles. The Balaban J connectivity index is 3.24. The van der Waals surface area contributed by atoms with Gasteiger partial charge >= 0.3 is 0 Å². The number of carbonyl (C=O) groups excluding carboxylic acids is 2. The molecule has 0 saturated carbocycles. The van der Waals surface area contributed by atoms with Gasteiger partial charge in [0.1, 0.15) is 11.6 Å². The van der Waals surface area contributed by atoms with Crippen LogP contribution in [0, 0.1) is 0 Å². The second-order valence-corrected chi connectivity index (χ2v) is 4.48. The topological polar surface area (TPSA) is 34.1 Å². The molecule has 0 aromatic heterocycles. The Morgan fingerprint density at radius 3 is 1.88 bits per heavy atom. The van der Waals surface area contributed by atoms with E-state index in [2.05, 4.69) is 6.92 Å². The first-order valence-electron chi connectivity index (χ1n) is 6.74. The molecule has 0 N–H and O–H groups in total. The highest BCUT2D eigenvalue weighted by Crippen LogP contribution is 2.09. The zero-order valence-electron chi connectivity index (χ0n) is 10.9. The Morgan fingerprint density at radius 2 is 1.31 bits per heavy atom. The average molecular weight is 226 g/mol. The molecule has 2 heteroatoms. The number of hydrogen-bond acceptors (Lipinski definition) is 2. The molecule has 2 nitrogen and oxygen atoms in total. The van der Waals surface area contributed by atoms with Crippen LogP contribution in [0.5, 0.6) is 0 Å². The highest BCUT2D eigenvalue weighted by Gasteiger charge is 2.06. The van der Waals surface area contributed by atoms with Crippen molar-refractivity contribution in [1.29, 1.82) is 0 Å². The molecule has 0 bridgehead atoms. The van der Waals surface area contributed by atoms with Crippen molar-refractivity contribution >= 4 is 11.6 Å². The van der Waals surface area contributed by atoms with Crippen LogP contribution in [-0.2, 0) is 9.59 Å². The summed E-state index contributed by atoms with van der Waals surface area (Å²) >= 11 is 0. The van der Waals surface area contributed by atoms with E-state index in [0.717, 1.165) is 12.8 Å². The van der Waals surface area contributed by atoms with Gasteiger partial charge in [-0.1, -0.05) is 52.4 Å². The van der Waals surface area contributed by atoms with Gasteiger partial charge in [-0.15, -0.1) is 0 Å². The Morgan fingerprint density at radius 1 is 0.750 bits per heavy atom. The molecule has 0 aromatic rings. The van der Waals surface area contributed by atoms with Crippen LogP contribution in [0.15, 0.2) is 0 Å². The summed E-state index contributed by atoms with van der Waals surface area (Å²) in [5.41, 5.74) is 0. The number of Topliss-reactive ketones (excluding diaryl/α,β-unsaturated/α-hetero) is 2. The minimum atomic E-state index is 0.0768. The molecule has 0 atom stereocenters. The summed E-state index contributed by atoms with van der Waals surface area (Å²) in [5.74, 6) is 0.202. The minimum Gasteiger partial charge on any atom is -0.299 e. The van der Waals surface area contributed by atoms with Crippen molar-refractivity contribution in [3.8, 4) is 0 Å². The van der Waals surface area contributed by atoms with E-state index in [-0.39, 0.29) is 18.0 Å². The van der Waals surface area contributed by atoms with Crippen LogP contribution in [0.3, 0.4) is 0 Å². The fourth-order valence-electron chi connectivity index (χ4n) is 1.71. The zero-order chi connectivity index (χ0) is 12.2. The second-order valence-electron chi connectivity index (χ2n) is 4.48. The Bertz CT molecular complexity index is 197. The molecule has 0 unspecified atom stereocenters. The third-order valence-corrected chi connectivity index (χ3v) is 2.85. The fraction of sp³-hybridized carbons (Fsp3) is 0.857. The summed E-state index contributed by atoms with van der Waals surface area (Å²) in [6, 6.07) is 0. The Labute approximate surface area is 99.8 Å². The van der Waals surface area contributed by atoms with E-state index in [1.807, 2.05) is 6.92 Å². The third-order valence-electron chi connectivity index (χ3n) is 2.85. The van der Waals surface area contributed by atoms with Gasteiger partial charge in [-0.05, 0) is 6.42 Å². The van der Waals surface area contributed by atoms with Crippen molar-refractivity contribution in [2.75, 3.05) is 0 Å². The SMILES string of the molecule is CCCCCCCCCC(=O)CC(=O)CC. The summed E-state index contributed by atoms with van der Waals surface area (Å²) < 4.78 is 0. The molecule has 0 radical (unpaired) electrons. The lowest BCUT2D eigenvalue weighted by atomic mass is 10.0. The molecule has 94 valence electrons. The molecular weight excluding hydrogens is 200 g/mol. The molecule has 16 heavy (non-hydrogen) atoms. The average Bonchev–Trinajstić information content (AvgIpc) is 2.27. The monoisotopic (exact) mass is 226 g/mol. The van der Waals surface area contributed by atoms with E-state index >= 15 is 0 Å². The van der Waals surface area contributed by atoms with Crippen molar-refractivity contribution in [3.05, 3.63) is 0 Å². The van der Waals surface area contributed by atoms with E-state index in [0.29, 0.717) is 12.8 Å². The van der Waals surface area contributed by atoms with Crippen molar-refractivity contribution in [2.24, 2.45) is 0 Å². The smallest absolute Gasteiger partial charge is 0.140 e. The van der Waals surface area contributed by atoms with Crippen LogP contribution in [0.4, 0.5) is 0 Å². The highest BCUT2D eigenvalue weighted by molar-refractivity contribution is 5.98. The lowest BCUT2D eigenvalue weighted by molar-refractivity contribution is -0.126. The van der Waals surface area contributed by atoms with Gasteiger partial charge in [-0.25, -0.2) is 0 Å². The lowest BCUT2D eigenvalue weighted by Gasteiger charge is -2.01. The molecule has 0 aromatic carbocycles. The van der Waals surface area contributed by atoms with Crippen molar-refractivity contribution in [2.45, 2.75) is 78.1 Å². The Hall–Kier alpha value is -0.660. The summed E-state index contributed by atoms with van der Waals surface area (Å²) in [6.45, 7) is 4.02. The van der Waals surface area contributed by atoms with Gasteiger partial charge in [0.05, 0.1) is 6.42 Å². The lowest BCUT2D eigenvalue weighted by Crippen LogP contribution is -2.06. The van der Waals surface area contributed by atoms with Gasteiger partial charge in [-0.2, -0.15) is 0 Å². The van der Waals surface area contributed by atoms with Crippen LogP contribution in [0.25, 0.3) is 0 Å². The van der Waals surface area contributed by atoms with Crippen molar-refractivity contribution < 1.29 is 9.59 Å². The highest BCUT2D eigenvalue weighted by atomic mass is 16.1. The molecule has 0 heterocycles. The number of carbonyl (C=O) groups is 2. The summed E-state index contributed by atoms with van der Waals surface area (Å²) in [4.78, 5) is 22.3. The van der Waals surface area contributed by atoms with Crippen LogP contribution >= 0.6 is 0 Å². The van der Waals surface area contributed by atoms with E-state index in [9.17, 15) is 9.59 Å². The predicted octanol–water partition coefficient (Wildman–Crippen LogP) is 4.07.